The molecule has 0 saturated carbocycles. The molecule has 0 amide bonds. The maximum Gasteiger partial charge on any atom is 0.450 e. The van der Waals surface area contributed by atoms with Crippen LogP contribution >= 0.6 is 0 Å². The molecule has 0 N–H and O–H groups in total. The van der Waals surface area contributed by atoms with Gasteiger partial charge in [-0.05, 0) is 25.1 Å². The van der Waals surface area contributed by atoms with Gasteiger partial charge in [0.05, 0.1) is 18.6 Å². The summed E-state index contributed by atoms with van der Waals surface area (Å²) >= 11 is 0. The Bertz CT molecular complexity index is 574. The number of ether oxygens (including phenoxy) is 1. The van der Waals surface area contributed by atoms with Gasteiger partial charge in [0, 0.05) is 5.56 Å². The number of alkyl halides is 6. The Hall–Kier alpha value is -2.06. The highest BCUT2D eigenvalue weighted by molar-refractivity contribution is 6.09. The van der Waals surface area contributed by atoms with E-state index < -0.39 is 47.2 Å². The number of carbonyl (C=O) groups is 2. The van der Waals surface area contributed by atoms with E-state index in [1.165, 1.54) is 6.92 Å². The topological polar surface area (TPSA) is 43.4 Å². The summed E-state index contributed by atoms with van der Waals surface area (Å²) in [5.74, 6) is -4.22. The summed E-state index contributed by atoms with van der Waals surface area (Å²) in [6, 6.07) is 2.08. The summed E-state index contributed by atoms with van der Waals surface area (Å²) in [5.41, 5.74) is -1.94. The summed E-state index contributed by atoms with van der Waals surface area (Å²) in [6.45, 7) is 1.38. The molecular formula is C13H10F6O3. The number of rotatable bonds is 5. The highest BCUT2D eigenvalue weighted by Crippen LogP contribution is 2.37. The van der Waals surface area contributed by atoms with Gasteiger partial charge in [-0.25, -0.2) is 0 Å². The van der Waals surface area contributed by atoms with Crippen molar-refractivity contribution in [1.29, 1.82) is 0 Å². The Labute approximate surface area is 120 Å². The van der Waals surface area contributed by atoms with Crippen LogP contribution in [0.5, 0.6) is 5.75 Å². The molecule has 0 aromatic heterocycles. The van der Waals surface area contributed by atoms with Gasteiger partial charge in [-0.1, -0.05) is 0 Å². The molecule has 0 fully saturated rings. The third-order valence-corrected chi connectivity index (χ3v) is 2.54. The number of Topliss-reactive ketones (excluding diaryl/α,β-unsaturated/α-hetero) is 2. The smallest absolute Gasteiger partial charge is 0.450 e. The number of benzene rings is 1. The molecule has 1 rings (SSSR count). The number of halogens is 6. The first kappa shape index (κ1) is 18.0. The molecule has 9 heteroatoms. The lowest BCUT2D eigenvalue weighted by atomic mass is 10.0. The van der Waals surface area contributed by atoms with E-state index in [0.29, 0.717) is 6.07 Å². The zero-order chi connectivity index (χ0) is 17.1. The molecule has 0 unspecified atom stereocenters. The summed E-state index contributed by atoms with van der Waals surface area (Å²) in [7, 11) is 0. The molecule has 1 aromatic rings. The van der Waals surface area contributed by atoms with Gasteiger partial charge in [0.25, 0.3) is 0 Å². The molecule has 0 spiro atoms. The van der Waals surface area contributed by atoms with E-state index in [9.17, 15) is 35.9 Å². The van der Waals surface area contributed by atoms with E-state index in [2.05, 4.69) is 0 Å². The van der Waals surface area contributed by atoms with E-state index in [0.717, 1.165) is 12.1 Å². The first-order valence-electron chi connectivity index (χ1n) is 5.94. The zero-order valence-electron chi connectivity index (χ0n) is 11.1. The van der Waals surface area contributed by atoms with Crippen LogP contribution in [0.1, 0.15) is 29.3 Å². The molecular weight excluding hydrogens is 318 g/mol. The lowest BCUT2D eigenvalue weighted by Crippen LogP contribution is -2.25. The fourth-order valence-corrected chi connectivity index (χ4v) is 1.55. The standard InChI is InChI=1S/C13H10F6O3/c1-2-22-10-4-3-7(5-8(10)12(14,15)16)9(20)6-11(21)13(17,18)19/h3-5H,2,6H2,1H3. The van der Waals surface area contributed by atoms with Crippen molar-refractivity contribution < 1.29 is 40.7 Å². The number of hydrogen-bond acceptors (Lipinski definition) is 3. The molecule has 0 aliphatic heterocycles. The minimum atomic E-state index is -5.21. The molecule has 0 heterocycles. The van der Waals surface area contributed by atoms with Crippen LogP contribution in [-0.4, -0.2) is 24.3 Å². The minimum Gasteiger partial charge on any atom is -0.493 e. The molecule has 122 valence electrons. The van der Waals surface area contributed by atoms with E-state index >= 15 is 0 Å². The molecule has 0 aliphatic rings. The van der Waals surface area contributed by atoms with Crippen LogP contribution in [0.3, 0.4) is 0 Å². The van der Waals surface area contributed by atoms with Crippen molar-refractivity contribution in [3.05, 3.63) is 29.3 Å². The molecule has 22 heavy (non-hydrogen) atoms. The van der Waals surface area contributed by atoms with E-state index in [1.54, 1.807) is 0 Å². The Morgan fingerprint density at radius 2 is 1.68 bits per heavy atom. The highest BCUT2D eigenvalue weighted by Gasteiger charge is 2.40. The lowest BCUT2D eigenvalue weighted by Gasteiger charge is -2.14. The van der Waals surface area contributed by atoms with Crippen molar-refractivity contribution in [2.24, 2.45) is 0 Å². The van der Waals surface area contributed by atoms with E-state index in [1.807, 2.05) is 0 Å². The van der Waals surface area contributed by atoms with Crippen LogP contribution in [0.2, 0.25) is 0 Å². The third kappa shape index (κ3) is 4.47. The summed E-state index contributed by atoms with van der Waals surface area (Å²) < 4.78 is 79.4. The molecule has 0 atom stereocenters. The Morgan fingerprint density at radius 3 is 2.14 bits per heavy atom. The van der Waals surface area contributed by atoms with Crippen LogP contribution in [0, 0.1) is 0 Å². The van der Waals surface area contributed by atoms with Gasteiger partial charge < -0.3 is 4.74 Å². The monoisotopic (exact) mass is 328 g/mol. The van der Waals surface area contributed by atoms with Crippen LogP contribution in [0.15, 0.2) is 18.2 Å². The van der Waals surface area contributed by atoms with Crippen LogP contribution in [0.4, 0.5) is 26.3 Å². The van der Waals surface area contributed by atoms with Crippen molar-refractivity contribution in [3.8, 4) is 5.75 Å². The quantitative estimate of drug-likeness (QED) is 0.469. The van der Waals surface area contributed by atoms with Gasteiger partial charge in [0.2, 0.25) is 5.78 Å². The van der Waals surface area contributed by atoms with Gasteiger partial charge in [-0.15, -0.1) is 0 Å². The average molecular weight is 328 g/mol. The first-order valence-corrected chi connectivity index (χ1v) is 5.94. The second kappa shape index (κ2) is 6.37. The van der Waals surface area contributed by atoms with Gasteiger partial charge in [-0.3, -0.25) is 9.59 Å². The minimum absolute atomic E-state index is 0.0665. The number of carbonyl (C=O) groups excluding carboxylic acids is 2. The van der Waals surface area contributed by atoms with E-state index in [-0.39, 0.29) is 6.61 Å². The van der Waals surface area contributed by atoms with Crippen LogP contribution < -0.4 is 4.74 Å². The second-order valence-corrected chi connectivity index (χ2v) is 4.16. The average Bonchev–Trinajstić information content (AvgIpc) is 2.36. The maximum absolute atomic E-state index is 12.8. The highest BCUT2D eigenvalue weighted by atomic mass is 19.4. The Kier molecular flexibility index (Phi) is 5.21. The van der Waals surface area contributed by atoms with Crippen molar-refractivity contribution in [1.82, 2.24) is 0 Å². The predicted octanol–water partition coefficient (Wildman–Crippen LogP) is 3.81. The Balaban J connectivity index is 3.11. The maximum atomic E-state index is 12.8. The fourth-order valence-electron chi connectivity index (χ4n) is 1.55. The molecule has 0 aliphatic carbocycles. The van der Waals surface area contributed by atoms with Gasteiger partial charge >= 0.3 is 12.4 Å². The fraction of sp³-hybridized carbons (Fsp3) is 0.385. The van der Waals surface area contributed by atoms with Gasteiger partial charge in [0.1, 0.15) is 5.75 Å². The summed E-state index contributed by atoms with van der Waals surface area (Å²) in [5, 5.41) is 0. The van der Waals surface area contributed by atoms with Gasteiger partial charge in [-0.2, -0.15) is 26.3 Å². The van der Waals surface area contributed by atoms with Gasteiger partial charge in [0.15, 0.2) is 5.78 Å². The van der Waals surface area contributed by atoms with Crippen molar-refractivity contribution in [2.75, 3.05) is 6.61 Å². The second-order valence-electron chi connectivity index (χ2n) is 4.16. The van der Waals surface area contributed by atoms with Crippen molar-refractivity contribution in [2.45, 2.75) is 25.7 Å². The number of ketones is 2. The number of hydrogen-bond donors (Lipinski definition) is 0. The molecule has 0 radical (unpaired) electrons. The first-order chi connectivity index (χ1) is 9.96. The third-order valence-electron chi connectivity index (χ3n) is 2.54. The molecule has 0 saturated heterocycles. The molecule has 0 bridgehead atoms. The Morgan fingerprint density at radius 1 is 1.09 bits per heavy atom. The normalized spacial score (nSPS) is 12.1. The molecule has 1 aromatic carbocycles. The van der Waals surface area contributed by atoms with Crippen LogP contribution in [-0.2, 0) is 11.0 Å². The largest absolute Gasteiger partial charge is 0.493 e. The van der Waals surface area contributed by atoms with Crippen LogP contribution in [0.25, 0.3) is 0 Å². The summed E-state index contributed by atoms with van der Waals surface area (Å²) in [6.07, 6.45) is -11.6. The molecule has 3 nitrogen and oxygen atoms in total. The lowest BCUT2D eigenvalue weighted by molar-refractivity contribution is -0.170. The zero-order valence-corrected chi connectivity index (χ0v) is 11.1. The summed E-state index contributed by atoms with van der Waals surface area (Å²) in [4.78, 5) is 22.2. The SMILES string of the molecule is CCOc1ccc(C(=O)CC(=O)C(F)(F)F)cc1C(F)(F)F. The van der Waals surface area contributed by atoms with Crippen molar-refractivity contribution in [3.63, 3.8) is 0 Å². The van der Waals surface area contributed by atoms with E-state index in [4.69, 9.17) is 4.74 Å². The predicted molar refractivity (Wildman–Crippen MR) is 62.6 cm³/mol. The van der Waals surface area contributed by atoms with Crippen molar-refractivity contribution >= 4 is 11.6 Å².